The van der Waals surface area contributed by atoms with Crippen molar-refractivity contribution in [2.45, 2.75) is 49.8 Å². The molecule has 3 atom stereocenters. The molecule has 3 amide bonds. The van der Waals surface area contributed by atoms with Crippen LogP contribution in [0.5, 0.6) is 0 Å². The topological polar surface area (TPSA) is 180 Å². The van der Waals surface area contributed by atoms with Gasteiger partial charge in [-0.15, -0.1) is 0 Å². The van der Waals surface area contributed by atoms with Gasteiger partial charge in [-0.05, 0) is 56.7 Å². The minimum Gasteiger partial charge on any atom is -0.368 e. The van der Waals surface area contributed by atoms with Crippen LogP contribution < -0.4 is 20.7 Å². The number of primary amides is 1. The maximum absolute atomic E-state index is 14.1. The molecular formula is C26H25Cl2N7O5S. The van der Waals surface area contributed by atoms with E-state index in [4.69, 9.17) is 34.2 Å². The maximum atomic E-state index is 14.1. The molecule has 4 N–H and O–H groups in total. The van der Waals surface area contributed by atoms with Gasteiger partial charge in [0.05, 0.1) is 29.6 Å². The van der Waals surface area contributed by atoms with Gasteiger partial charge in [-0.25, -0.2) is 18.3 Å². The van der Waals surface area contributed by atoms with Gasteiger partial charge < -0.3 is 11.1 Å². The number of imidazole rings is 1. The van der Waals surface area contributed by atoms with E-state index in [1.807, 2.05) is 6.07 Å². The van der Waals surface area contributed by atoms with E-state index in [-0.39, 0.29) is 33.1 Å². The Morgan fingerprint density at radius 3 is 2.29 bits per heavy atom. The Kier molecular flexibility index (Phi) is 8.15. The predicted molar refractivity (Wildman–Crippen MR) is 151 cm³/mol. The Hall–Kier alpha value is -3.96. The molecule has 214 valence electrons. The molecular weight excluding hydrogens is 593 g/mol. The van der Waals surface area contributed by atoms with E-state index in [1.54, 1.807) is 31.2 Å². The molecule has 0 saturated carbocycles. The molecule has 1 aliphatic rings. The number of nitriles is 1. The molecule has 0 saturated heterocycles. The highest BCUT2D eigenvalue weighted by atomic mass is 35.5. The van der Waals surface area contributed by atoms with Gasteiger partial charge in [-0.3, -0.25) is 19.0 Å². The van der Waals surface area contributed by atoms with E-state index < -0.39 is 45.4 Å². The lowest BCUT2D eigenvalue weighted by Crippen LogP contribution is -2.51. The number of nitrogens with one attached hydrogen (secondary N) is 2. The number of carbonyl (C=O) groups is 3. The summed E-state index contributed by atoms with van der Waals surface area (Å²) in [6.07, 6.45) is 1.11. The van der Waals surface area contributed by atoms with Crippen molar-refractivity contribution >= 4 is 62.6 Å². The summed E-state index contributed by atoms with van der Waals surface area (Å²) < 4.78 is 30.8. The van der Waals surface area contributed by atoms with Gasteiger partial charge in [-0.2, -0.15) is 9.98 Å². The molecule has 2 heterocycles. The van der Waals surface area contributed by atoms with E-state index in [0.717, 1.165) is 6.20 Å². The van der Waals surface area contributed by atoms with Gasteiger partial charge in [0.1, 0.15) is 11.6 Å². The fourth-order valence-corrected chi connectivity index (χ4v) is 6.39. The number of hydrogen-bond acceptors (Lipinski definition) is 7. The zero-order valence-corrected chi connectivity index (χ0v) is 24.4. The van der Waals surface area contributed by atoms with Crippen molar-refractivity contribution in [3.63, 3.8) is 0 Å². The van der Waals surface area contributed by atoms with Crippen LogP contribution in [0, 0.1) is 11.3 Å². The number of nitrogens with zero attached hydrogens (tertiary/aromatic N) is 4. The number of benzene rings is 2. The predicted octanol–water partition coefficient (Wildman–Crippen LogP) is 2.35. The van der Waals surface area contributed by atoms with E-state index in [1.165, 1.54) is 41.5 Å². The van der Waals surface area contributed by atoms with Gasteiger partial charge in [-0.1, -0.05) is 35.3 Å². The number of nitrogens with two attached hydrogens (primary N) is 1. The Labute approximate surface area is 246 Å². The summed E-state index contributed by atoms with van der Waals surface area (Å²) in [6.45, 7) is 4.22. The van der Waals surface area contributed by atoms with Crippen molar-refractivity contribution in [1.29, 1.82) is 5.26 Å². The summed E-state index contributed by atoms with van der Waals surface area (Å²) >= 11 is 12.4. The third-order valence-electron chi connectivity index (χ3n) is 6.59. The number of sulfonamides is 1. The van der Waals surface area contributed by atoms with Crippen LogP contribution in [0.4, 0.5) is 11.6 Å². The summed E-state index contributed by atoms with van der Waals surface area (Å²) in [6, 6.07) is 10.7. The first-order valence-corrected chi connectivity index (χ1v) is 14.4. The number of aromatic nitrogens is 2. The maximum Gasteiger partial charge on any atom is 0.260 e. The summed E-state index contributed by atoms with van der Waals surface area (Å²) in [5.41, 5.74) is 4.99. The second kappa shape index (κ2) is 11.1. The normalized spacial score (nSPS) is 18.0. The Bertz CT molecular complexity index is 1680. The third kappa shape index (κ3) is 5.77. The largest absolute Gasteiger partial charge is 0.368 e. The molecule has 2 aromatic carbocycles. The van der Waals surface area contributed by atoms with Crippen molar-refractivity contribution in [3.8, 4) is 6.07 Å². The van der Waals surface area contributed by atoms with E-state index in [0.29, 0.717) is 11.1 Å². The number of rotatable bonds is 9. The molecule has 0 fully saturated rings. The second-order valence-electron chi connectivity index (χ2n) is 9.74. The van der Waals surface area contributed by atoms with E-state index >= 15 is 0 Å². The Morgan fingerprint density at radius 1 is 1.12 bits per heavy atom. The lowest BCUT2D eigenvalue weighted by Gasteiger charge is -2.27. The van der Waals surface area contributed by atoms with Crippen LogP contribution >= 0.6 is 23.2 Å². The fourth-order valence-electron chi connectivity index (χ4n) is 4.47. The smallest absolute Gasteiger partial charge is 0.260 e. The molecule has 3 aromatic rings. The lowest BCUT2D eigenvalue weighted by molar-refractivity contribution is -0.127. The lowest BCUT2D eigenvalue weighted by atomic mass is 9.91. The number of hydrogen-bond donors (Lipinski definition) is 3. The molecule has 0 aliphatic carbocycles. The number of anilines is 2. The first-order chi connectivity index (χ1) is 19.2. The van der Waals surface area contributed by atoms with Gasteiger partial charge in [0.2, 0.25) is 17.8 Å². The quantitative estimate of drug-likeness (QED) is 0.329. The van der Waals surface area contributed by atoms with Crippen molar-refractivity contribution in [3.05, 3.63) is 69.8 Å². The van der Waals surface area contributed by atoms with E-state index in [2.05, 4.69) is 15.0 Å². The molecule has 2 unspecified atom stereocenters. The van der Waals surface area contributed by atoms with Crippen LogP contribution in [0.25, 0.3) is 0 Å². The number of halogens is 2. The third-order valence-corrected chi connectivity index (χ3v) is 8.53. The summed E-state index contributed by atoms with van der Waals surface area (Å²) in [5, 5.41) is 11.6. The monoisotopic (exact) mass is 617 g/mol. The van der Waals surface area contributed by atoms with Crippen LogP contribution in [-0.4, -0.2) is 47.8 Å². The van der Waals surface area contributed by atoms with E-state index in [9.17, 15) is 22.8 Å². The van der Waals surface area contributed by atoms with Gasteiger partial charge in [0.15, 0.2) is 5.03 Å². The van der Waals surface area contributed by atoms with Crippen molar-refractivity contribution in [2.75, 3.05) is 4.90 Å². The minimum absolute atomic E-state index is 0.00990. The molecule has 0 bridgehead atoms. The van der Waals surface area contributed by atoms with Crippen LogP contribution in [0.15, 0.2) is 53.7 Å². The zero-order chi connectivity index (χ0) is 30.3. The molecule has 1 aliphatic heterocycles. The molecule has 1 aromatic heterocycles. The number of amides is 3. The first kappa shape index (κ1) is 30.0. The zero-order valence-electron chi connectivity index (χ0n) is 22.1. The molecule has 4 rings (SSSR count). The van der Waals surface area contributed by atoms with Crippen molar-refractivity contribution in [1.82, 2.24) is 19.6 Å². The highest BCUT2D eigenvalue weighted by Gasteiger charge is 2.52. The van der Waals surface area contributed by atoms with Gasteiger partial charge >= 0.3 is 0 Å². The average Bonchev–Trinajstić information content (AvgIpc) is 3.42. The number of fused-ring (bicyclic) bond motifs is 1. The first-order valence-electron chi connectivity index (χ1n) is 12.2. The molecule has 0 radical (unpaired) electrons. The summed E-state index contributed by atoms with van der Waals surface area (Å²) in [5.74, 6) is -2.10. The molecule has 0 spiro atoms. The second-order valence-corrected chi connectivity index (χ2v) is 12.3. The summed E-state index contributed by atoms with van der Waals surface area (Å²) in [4.78, 5) is 43.5. The van der Waals surface area contributed by atoms with Gasteiger partial charge in [0.25, 0.3) is 15.9 Å². The summed E-state index contributed by atoms with van der Waals surface area (Å²) in [7, 11) is -4.46. The van der Waals surface area contributed by atoms with Crippen molar-refractivity contribution < 1.29 is 22.8 Å². The van der Waals surface area contributed by atoms with Crippen LogP contribution in [-0.2, 0) is 36.4 Å². The average molecular weight is 619 g/mol. The highest BCUT2D eigenvalue weighted by Crippen LogP contribution is 2.44. The fraction of sp³-hybridized carbons (Fsp3) is 0.269. The van der Waals surface area contributed by atoms with Crippen LogP contribution in [0.3, 0.4) is 0 Å². The Morgan fingerprint density at radius 2 is 1.73 bits per heavy atom. The SMILES string of the molecule is CC(NS(=O)(=O)c1cnc2n1C(C)(Cc1ccc(C#N)cc1)C(=O)N2c1cc(Cl)cc(Cl)c1)C(=O)N[C@H](C)C(N)=O. The molecule has 41 heavy (non-hydrogen) atoms. The minimum atomic E-state index is -4.46. The number of carbonyl (C=O) groups excluding carboxylic acids is 3. The van der Waals surface area contributed by atoms with Gasteiger partial charge in [0, 0.05) is 16.5 Å². The van der Waals surface area contributed by atoms with Crippen molar-refractivity contribution in [2.24, 2.45) is 5.73 Å². The van der Waals surface area contributed by atoms with Crippen LogP contribution in [0.2, 0.25) is 10.0 Å². The standard InChI is InChI=1S/C26H25Cl2N7O5S/c1-14(22(30)36)32-23(37)15(2)33-41(39,40)21-13-31-25-34(20-9-18(27)8-19(28)10-20)24(38)26(3,35(21)25)11-16-4-6-17(12-29)7-5-16/h4-10,13-15,33H,11H2,1-3H3,(H2,30,36)(H,32,37)/t14-,15?,26?/m1/s1. The van der Waals surface area contributed by atoms with Crippen LogP contribution in [0.1, 0.15) is 31.9 Å². The molecule has 12 nitrogen and oxygen atoms in total. The molecule has 15 heteroatoms. The Balaban J connectivity index is 1.80. The highest BCUT2D eigenvalue weighted by molar-refractivity contribution is 7.89.